The zero-order chi connectivity index (χ0) is 13.0. The Balaban J connectivity index is 2.90. The number of halogens is 1. The summed E-state index contributed by atoms with van der Waals surface area (Å²) in [5, 5.41) is 36.4. The molecule has 0 spiro atoms. The van der Waals surface area contributed by atoms with Gasteiger partial charge in [0.25, 0.3) is 0 Å². The minimum atomic E-state index is -1.42. The summed E-state index contributed by atoms with van der Waals surface area (Å²) in [7, 11) is 0. The minimum Gasteiger partial charge on any atom is -0.481 e. The number of nitriles is 1. The molecule has 0 aliphatic heterocycles. The third-order valence-electron chi connectivity index (χ3n) is 2.20. The summed E-state index contributed by atoms with van der Waals surface area (Å²) in [5.41, 5.74) is 0.512. The SMILES string of the molecule is N#Cc1ccc(C(O)C(O)CC(=O)O)cc1Cl. The van der Waals surface area contributed by atoms with Crippen LogP contribution in [-0.4, -0.2) is 27.4 Å². The topological polar surface area (TPSA) is 102 Å². The van der Waals surface area contributed by atoms with Gasteiger partial charge in [-0.2, -0.15) is 5.26 Å². The minimum absolute atomic E-state index is 0.145. The van der Waals surface area contributed by atoms with E-state index in [1.54, 1.807) is 0 Å². The van der Waals surface area contributed by atoms with Gasteiger partial charge in [-0.25, -0.2) is 0 Å². The molecule has 1 rings (SSSR count). The van der Waals surface area contributed by atoms with Crippen LogP contribution < -0.4 is 0 Å². The van der Waals surface area contributed by atoms with Crippen molar-refractivity contribution in [3.05, 3.63) is 34.3 Å². The van der Waals surface area contributed by atoms with E-state index in [4.69, 9.17) is 22.0 Å². The van der Waals surface area contributed by atoms with Gasteiger partial charge in [0.1, 0.15) is 12.2 Å². The zero-order valence-electron chi connectivity index (χ0n) is 8.67. The fourth-order valence-corrected chi connectivity index (χ4v) is 1.55. The average molecular weight is 256 g/mol. The Hall–Kier alpha value is -1.61. The summed E-state index contributed by atoms with van der Waals surface area (Å²) in [4.78, 5) is 10.4. The normalized spacial score (nSPS) is 13.8. The van der Waals surface area contributed by atoms with Crippen LogP contribution in [0.3, 0.4) is 0 Å². The van der Waals surface area contributed by atoms with Crippen molar-refractivity contribution in [3.8, 4) is 6.07 Å². The van der Waals surface area contributed by atoms with Gasteiger partial charge in [0.2, 0.25) is 0 Å². The molecule has 6 heteroatoms. The molecule has 2 unspecified atom stereocenters. The van der Waals surface area contributed by atoms with Gasteiger partial charge in [0, 0.05) is 0 Å². The second kappa shape index (κ2) is 5.64. The largest absolute Gasteiger partial charge is 0.481 e. The molecule has 0 aromatic heterocycles. The average Bonchev–Trinajstić information content (AvgIpc) is 2.27. The van der Waals surface area contributed by atoms with Gasteiger partial charge in [0.05, 0.1) is 23.1 Å². The molecule has 0 saturated carbocycles. The summed E-state index contributed by atoms with van der Waals surface area (Å²) >= 11 is 5.75. The van der Waals surface area contributed by atoms with Crippen LogP contribution in [-0.2, 0) is 4.79 Å². The molecule has 0 heterocycles. The molecule has 0 aliphatic rings. The highest BCUT2D eigenvalue weighted by Crippen LogP contribution is 2.24. The Morgan fingerprint density at radius 1 is 1.47 bits per heavy atom. The highest BCUT2D eigenvalue weighted by molar-refractivity contribution is 6.31. The van der Waals surface area contributed by atoms with Crippen molar-refractivity contribution in [3.63, 3.8) is 0 Å². The highest BCUT2D eigenvalue weighted by Gasteiger charge is 2.21. The number of aliphatic carboxylic acids is 1. The maximum absolute atomic E-state index is 10.4. The van der Waals surface area contributed by atoms with Gasteiger partial charge in [-0.05, 0) is 17.7 Å². The Labute approximate surface area is 102 Å². The molecule has 90 valence electrons. The van der Waals surface area contributed by atoms with E-state index in [0.29, 0.717) is 0 Å². The van der Waals surface area contributed by atoms with E-state index < -0.39 is 24.6 Å². The van der Waals surface area contributed by atoms with Crippen LogP contribution in [0.25, 0.3) is 0 Å². The molecule has 1 aromatic rings. The first-order valence-electron chi connectivity index (χ1n) is 4.73. The predicted molar refractivity (Wildman–Crippen MR) is 59.4 cm³/mol. The highest BCUT2D eigenvalue weighted by atomic mass is 35.5. The molecule has 5 nitrogen and oxygen atoms in total. The van der Waals surface area contributed by atoms with E-state index in [-0.39, 0.29) is 16.1 Å². The lowest BCUT2D eigenvalue weighted by Gasteiger charge is -2.16. The van der Waals surface area contributed by atoms with E-state index in [0.717, 1.165) is 0 Å². The fraction of sp³-hybridized carbons (Fsp3) is 0.273. The van der Waals surface area contributed by atoms with Crippen LogP contribution in [0.5, 0.6) is 0 Å². The van der Waals surface area contributed by atoms with E-state index in [9.17, 15) is 15.0 Å². The third-order valence-corrected chi connectivity index (χ3v) is 2.52. The van der Waals surface area contributed by atoms with E-state index in [1.165, 1.54) is 18.2 Å². The van der Waals surface area contributed by atoms with Gasteiger partial charge >= 0.3 is 5.97 Å². The first-order valence-corrected chi connectivity index (χ1v) is 5.11. The number of aliphatic hydroxyl groups is 2. The Morgan fingerprint density at radius 3 is 2.59 bits per heavy atom. The molecule has 0 amide bonds. The number of aliphatic hydroxyl groups excluding tert-OH is 2. The maximum Gasteiger partial charge on any atom is 0.306 e. The first-order chi connectivity index (χ1) is 7.95. The number of rotatable bonds is 4. The van der Waals surface area contributed by atoms with E-state index >= 15 is 0 Å². The molecule has 1 aromatic carbocycles. The van der Waals surface area contributed by atoms with E-state index in [1.807, 2.05) is 6.07 Å². The number of hydrogen-bond donors (Lipinski definition) is 3. The summed E-state index contributed by atoms with van der Waals surface area (Å²) in [6.45, 7) is 0. The van der Waals surface area contributed by atoms with Crippen LogP contribution in [0.4, 0.5) is 0 Å². The number of carboxylic acids is 1. The Morgan fingerprint density at radius 2 is 2.12 bits per heavy atom. The molecule has 2 atom stereocenters. The summed E-state index contributed by atoms with van der Waals surface area (Å²) in [6.07, 6.45) is -3.34. The molecule has 0 fully saturated rings. The Kier molecular flexibility index (Phi) is 4.46. The van der Waals surface area contributed by atoms with Crippen molar-refractivity contribution < 1.29 is 20.1 Å². The van der Waals surface area contributed by atoms with Crippen molar-refractivity contribution in [1.29, 1.82) is 5.26 Å². The predicted octanol–water partition coefficient (Wildman–Crippen LogP) is 1.08. The quantitative estimate of drug-likeness (QED) is 0.747. The molecular formula is C11H10ClNO4. The number of carbonyl (C=O) groups is 1. The van der Waals surface area contributed by atoms with Crippen LogP contribution in [0.2, 0.25) is 5.02 Å². The summed E-state index contributed by atoms with van der Waals surface area (Å²) < 4.78 is 0. The first kappa shape index (κ1) is 13.5. The molecule has 0 bridgehead atoms. The van der Waals surface area contributed by atoms with Crippen molar-refractivity contribution >= 4 is 17.6 Å². The van der Waals surface area contributed by atoms with Crippen LogP contribution in [0, 0.1) is 11.3 Å². The van der Waals surface area contributed by atoms with Gasteiger partial charge in [-0.1, -0.05) is 17.7 Å². The van der Waals surface area contributed by atoms with Crippen molar-refractivity contribution in [1.82, 2.24) is 0 Å². The maximum atomic E-state index is 10.4. The third kappa shape index (κ3) is 3.43. The summed E-state index contributed by atoms with van der Waals surface area (Å²) in [6, 6.07) is 6.00. The van der Waals surface area contributed by atoms with Crippen molar-refractivity contribution in [2.75, 3.05) is 0 Å². The molecular weight excluding hydrogens is 246 g/mol. The number of carboxylic acid groups (broad SMARTS) is 1. The van der Waals surface area contributed by atoms with Gasteiger partial charge in [-0.15, -0.1) is 0 Å². The van der Waals surface area contributed by atoms with Crippen LogP contribution in [0.1, 0.15) is 23.7 Å². The lowest BCUT2D eigenvalue weighted by molar-refractivity contribution is -0.141. The lowest BCUT2D eigenvalue weighted by atomic mass is 10.0. The van der Waals surface area contributed by atoms with Gasteiger partial charge in [-0.3, -0.25) is 4.79 Å². The molecule has 0 aliphatic carbocycles. The monoisotopic (exact) mass is 255 g/mol. The number of nitrogens with zero attached hydrogens (tertiary/aromatic N) is 1. The molecule has 3 N–H and O–H groups in total. The van der Waals surface area contributed by atoms with Crippen LogP contribution in [0.15, 0.2) is 18.2 Å². The molecule has 0 saturated heterocycles. The lowest BCUT2D eigenvalue weighted by Crippen LogP contribution is -2.21. The van der Waals surface area contributed by atoms with E-state index in [2.05, 4.69) is 0 Å². The smallest absolute Gasteiger partial charge is 0.306 e. The van der Waals surface area contributed by atoms with Gasteiger partial charge in [0.15, 0.2) is 0 Å². The second-order valence-electron chi connectivity index (χ2n) is 3.46. The van der Waals surface area contributed by atoms with Gasteiger partial charge < -0.3 is 15.3 Å². The molecule has 17 heavy (non-hydrogen) atoms. The number of hydrogen-bond acceptors (Lipinski definition) is 4. The zero-order valence-corrected chi connectivity index (χ0v) is 9.42. The van der Waals surface area contributed by atoms with Crippen LogP contribution >= 0.6 is 11.6 Å². The van der Waals surface area contributed by atoms with Crippen molar-refractivity contribution in [2.45, 2.75) is 18.6 Å². The summed E-state index contributed by atoms with van der Waals surface area (Å²) in [5.74, 6) is -1.21. The fourth-order valence-electron chi connectivity index (χ4n) is 1.32. The van der Waals surface area contributed by atoms with Crippen molar-refractivity contribution in [2.24, 2.45) is 0 Å². The standard InChI is InChI=1S/C11H10ClNO4/c12-8-3-6(1-2-7(8)5-13)11(17)9(14)4-10(15)16/h1-3,9,11,14,17H,4H2,(H,15,16). The Bertz CT molecular complexity index is 469. The second-order valence-corrected chi connectivity index (χ2v) is 3.87. The number of benzene rings is 1. The molecule has 0 radical (unpaired) electrons.